The monoisotopic (exact) mass is 228 g/mol. The van der Waals surface area contributed by atoms with Crippen LogP contribution in [-0.4, -0.2) is 0 Å². The third kappa shape index (κ3) is 4.22. The van der Waals surface area contributed by atoms with Gasteiger partial charge in [0.05, 0.1) is 0 Å². The molecule has 0 fully saturated rings. The van der Waals surface area contributed by atoms with Gasteiger partial charge in [0.1, 0.15) is 0 Å². The summed E-state index contributed by atoms with van der Waals surface area (Å²) in [5.74, 6) is 1.26. The standard InChI is InChI=1S/C17H24/c1-4-7-12-15(5-2)17(6-3)16-13-10-8-9-11-14-16/h4-5,7-8,10-12,14,16-17H,1,6,9,13H2,2-3H3/b12-7-,15-5+. The molecule has 1 rings (SSSR count). The Morgan fingerprint density at radius 1 is 1.41 bits per heavy atom. The van der Waals surface area contributed by atoms with Crippen molar-refractivity contribution in [1.82, 2.24) is 0 Å². The van der Waals surface area contributed by atoms with Crippen molar-refractivity contribution in [3.63, 3.8) is 0 Å². The number of rotatable bonds is 5. The van der Waals surface area contributed by atoms with Gasteiger partial charge < -0.3 is 0 Å². The summed E-state index contributed by atoms with van der Waals surface area (Å²) in [5, 5.41) is 0. The highest BCUT2D eigenvalue weighted by Crippen LogP contribution is 2.30. The molecule has 17 heavy (non-hydrogen) atoms. The van der Waals surface area contributed by atoms with Crippen LogP contribution in [0.3, 0.4) is 0 Å². The van der Waals surface area contributed by atoms with Crippen LogP contribution in [0.4, 0.5) is 0 Å². The van der Waals surface area contributed by atoms with E-state index in [9.17, 15) is 0 Å². The molecule has 2 unspecified atom stereocenters. The van der Waals surface area contributed by atoms with E-state index in [0.29, 0.717) is 11.8 Å². The molecule has 1 aliphatic rings. The van der Waals surface area contributed by atoms with Crippen LogP contribution < -0.4 is 0 Å². The average molecular weight is 228 g/mol. The third-order valence-electron chi connectivity index (χ3n) is 3.37. The Hall–Kier alpha value is -1.30. The van der Waals surface area contributed by atoms with Crippen LogP contribution in [0, 0.1) is 11.8 Å². The molecule has 0 aromatic rings. The van der Waals surface area contributed by atoms with E-state index in [-0.39, 0.29) is 0 Å². The van der Waals surface area contributed by atoms with Crippen molar-refractivity contribution in [3.8, 4) is 0 Å². The lowest BCUT2D eigenvalue weighted by molar-refractivity contribution is 0.450. The molecule has 0 amide bonds. The fourth-order valence-corrected chi connectivity index (χ4v) is 2.46. The molecule has 0 aromatic carbocycles. The predicted octanol–water partition coefficient (Wildman–Crippen LogP) is 5.22. The van der Waals surface area contributed by atoms with Gasteiger partial charge in [-0.3, -0.25) is 0 Å². The van der Waals surface area contributed by atoms with Gasteiger partial charge in [-0.2, -0.15) is 0 Å². The van der Waals surface area contributed by atoms with Crippen molar-refractivity contribution in [3.05, 3.63) is 60.8 Å². The summed E-state index contributed by atoms with van der Waals surface area (Å²) in [6.45, 7) is 8.14. The number of hydrogen-bond acceptors (Lipinski definition) is 0. The molecular weight excluding hydrogens is 204 g/mol. The molecule has 0 heteroatoms. The van der Waals surface area contributed by atoms with Crippen LogP contribution in [0.1, 0.15) is 33.1 Å². The van der Waals surface area contributed by atoms with E-state index in [0.717, 1.165) is 12.8 Å². The molecule has 1 aliphatic carbocycles. The zero-order valence-corrected chi connectivity index (χ0v) is 11.1. The molecule has 0 saturated carbocycles. The minimum atomic E-state index is 0.621. The Balaban J connectivity index is 2.84. The average Bonchev–Trinajstić information content (AvgIpc) is 2.63. The van der Waals surface area contributed by atoms with Gasteiger partial charge in [0.15, 0.2) is 0 Å². The third-order valence-corrected chi connectivity index (χ3v) is 3.37. The van der Waals surface area contributed by atoms with Gasteiger partial charge in [-0.15, -0.1) is 0 Å². The summed E-state index contributed by atoms with van der Waals surface area (Å²) < 4.78 is 0. The summed E-state index contributed by atoms with van der Waals surface area (Å²) >= 11 is 0. The fourth-order valence-electron chi connectivity index (χ4n) is 2.46. The summed E-state index contributed by atoms with van der Waals surface area (Å²) in [7, 11) is 0. The molecule has 0 aliphatic heterocycles. The van der Waals surface area contributed by atoms with Crippen LogP contribution in [0.2, 0.25) is 0 Å². The van der Waals surface area contributed by atoms with E-state index in [2.05, 4.69) is 56.9 Å². The van der Waals surface area contributed by atoms with Crippen molar-refractivity contribution in [2.75, 3.05) is 0 Å². The van der Waals surface area contributed by atoms with Crippen molar-refractivity contribution < 1.29 is 0 Å². The first-order valence-corrected chi connectivity index (χ1v) is 6.60. The topological polar surface area (TPSA) is 0 Å². The molecule has 0 radical (unpaired) electrons. The normalized spacial score (nSPS) is 22.7. The molecule has 0 saturated heterocycles. The van der Waals surface area contributed by atoms with Gasteiger partial charge >= 0.3 is 0 Å². The van der Waals surface area contributed by atoms with Gasteiger partial charge in [-0.05, 0) is 43.6 Å². The molecule has 0 bridgehead atoms. The van der Waals surface area contributed by atoms with Crippen molar-refractivity contribution in [2.24, 2.45) is 11.8 Å². The highest BCUT2D eigenvalue weighted by atomic mass is 14.2. The summed E-state index contributed by atoms with van der Waals surface area (Å²) in [5.41, 5.74) is 1.43. The fraction of sp³-hybridized carbons (Fsp3) is 0.412. The maximum atomic E-state index is 3.74. The molecule has 0 nitrogen and oxygen atoms in total. The maximum Gasteiger partial charge on any atom is -0.0102 e. The van der Waals surface area contributed by atoms with Crippen LogP contribution in [0.25, 0.3) is 0 Å². The van der Waals surface area contributed by atoms with E-state index in [1.54, 1.807) is 0 Å². The Bertz CT molecular complexity index is 339. The Labute approximate surface area is 106 Å². The van der Waals surface area contributed by atoms with Gasteiger partial charge in [-0.25, -0.2) is 0 Å². The van der Waals surface area contributed by atoms with E-state index >= 15 is 0 Å². The first-order valence-electron chi connectivity index (χ1n) is 6.60. The van der Waals surface area contributed by atoms with Crippen LogP contribution >= 0.6 is 0 Å². The first-order chi connectivity index (χ1) is 8.33. The zero-order chi connectivity index (χ0) is 12.5. The lowest BCUT2D eigenvalue weighted by atomic mass is 9.81. The second-order valence-corrected chi connectivity index (χ2v) is 4.43. The summed E-state index contributed by atoms with van der Waals surface area (Å²) in [6.07, 6.45) is 21.0. The minimum absolute atomic E-state index is 0.621. The highest BCUT2D eigenvalue weighted by molar-refractivity contribution is 5.26. The zero-order valence-electron chi connectivity index (χ0n) is 11.1. The van der Waals surface area contributed by atoms with Gasteiger partial charge in [-0.1, -0.05) is 62.1 Å². The highest BCUT2D eigenvalue weighted by Gasteiger charge is 2.19. The van der Waals surface area contributed by atoms with Gasteiger partial charge in [0, 0.05) is 0 Å². The lowest BCUT2D eigenvalue weighted by Crippen LogP contribution is -2.13. The molecule has 0 aromatic heterocycles. The quantitative estimate of drug-likeness (QED) is 0.447. The molecule has 2 atom stereocenters. The van der Waals surface area contributed by atoms with Crippen LogP contribution in [0.5, 0.6) is 0 Å². The Kier molecular flexibility index (Phi) is 6.39. The summed E-state index contributed by atoms with van der Waals surface area (Å²) in [4.78, 5) is 0. The predicted molar refractivity (Wildman–Crippen MR) is 77.9 cm³/mol. The van der Waals surface area contributed by atoms with E-state index in [4.69, 9.17) is 0 Å². The maximum absolute atomic E-state index is 3.74. The smallest absolute Gasteiger partial charge is 0.0102 e. The van der Waals surface area contributed by atoms with E-state index in [1.165, 1.54) is 12.0 Å². The SMILES string of the molecule is C=C/C=C\C(=C/C)C(CC)C1C=CCC=CC1. The van der Waals surface area contributed by atoms with Gasteiger partial charge in [0.25, 0.3) is 0 Å². The van der Waals surface area contributed by atoms with Crippen LogP contribution in [-0.2, 0) is 0 Å². The molecule has 0 spiro atoms. The summed E-state index contributed by atoms with van der Waals surface area (Å²) in [6, 6.07) is 0. The van der Waals surface area contributed by atoms with E-state index < -0.39 is 0 Å². The Morgan fingerprint density at radius 2 is 2.24 bits per heavy atom. The second-order valence-electron chi connectivity index (χ2n) is 4.43. The van der Waals surface area contributed by atoms with E-state index in [1.807, 2.05) is 12.2 Å². The molecule has 92 valence electrons. The molecule has 0 heterocycles. The van der Waals surface area contributed by atoms with Gasteiger partial charge in [0.2, 0.25) is 0 Å². The molecule has 0 N–H and O–H groups in total. The van der Waals surface area contributed by atoms with Crippen molar-refractivity contribution >= 4 is 0 Å². The number of hydrogen-bond donors (Lipinski definition) is 0. The number of allylic oxidation sites excluding steroid dienone is 9. The first kappa shape index (κ1) is 13.8. The van der Waals surface area contributed by atoms with Crippen molar-refractivity contribution in [1.29, 1.82) is 0 Å². The van der Waals surface area contributed by atoms with Crippen molar-refractivity contribution in [2.45, 2.75) is 33.1 Å². The molecular formula is C17H24. The minimum Gasteiger partial charge on any atom is -0.0991 e. The lowest BCUT2D eigenvalue weighted by Gasteiger charge is -2.23. The largest absolute Gasteiger partial charge is 0.0991 e. The van der Waals surface area contributed by atoms with Crippen LogP contribution in [0.15, 0.2) is 60.8 Å². The Morgan fingerprint density at radius 3 is 2.88 bits per heavy atom. The second kappa shape index (κ2) is 7.89.